The number of morpholine rings is 1. The molecule has 0 radical (unpaired) electrons. The van der Waals surface area contributed by atoms with Crippen LogP contribution in [0, 0.1) is 0 Å². The van der Waals surface area contributed by atoms with Crippen LogP contribution < -0.4 is 5.73 Å². The maximum atomic E-state index is 8.83. The number of nitrogens with two attached hydrogens (primary N) is 1. The first kappa shape index (κ1) is 13.6. The number of amidine groups is 1. The quantitative estimate of drug-likeness (QED) is 0.318. The molecule has 0 aromatic carbocycles. The fourth-order valence-electron chi connectivity index (χ4n) is 2.75. The maximum absolute atomic E-state index is 8.83. The van der Waals surface area contributed by atoms with Gasteiger partial charge in [-0.1, -0.05) is 11.6 Å². The van der Waals surface area contributed by atoms with Crippen LogP contribution in [-0.2, 0) is 4.74 Å². The topological polar surface area (TPSA) is 74.3 Å². The first-order chi connectivity index (χ1) is 8.81. The zero-order chi connectivity index (χ0) is 12.8. The van der Waals surface area contributed by atoms with Gasteiger partial charge in [-0.05, 0) is 19.4 Å². The molecule has 18 heavy (non-hydrogen) atoms. The molecule has 0 aromatic heterocycles. The average molecular weight is 256 g/mol. The molecule has 0 aliphatic carbocycles. The van der Waals surface area contributed by atoms with Crippen molar-refractivity contribution in [3.05, 3.63) is 0 Å². The van der Waals surface area contributed by atoms with E-state index in [1.54, 1.807) is 0 Å². The largest absolute Gasteiger partial charge is 0.409 e. The number of hydrogen-bond donors (Lipinski definition) is 2. The van der Waals surface area contributed by atoms with Crippen molar-refractivity contribution in [3.63, 3.8) is 0 Å². The molecule has 0 bridgehead atoms. The summed E-state index contributed by atoms with van der Waals surface area (Å²) in [6.07, 6.45) is 3.37. The van der Waals surface area contributed by atoms with Crippen molar-refractivity contribution in [1.29, 1.82) is 0 Å². The third kappa shape index (κ3) is 3.57. The Kier molecular flexibility index (Phi) is 5.22. The Balaban J connectivity index is 1.81. The molecule has 2 heterocycles. The molecular formula is C12H24N4O2. The molecular weight excluding hydrogens is 232 g/mol. The number of likely N-dealkylation sites (tertiary alicyclic amines) is 1. The summed E-state index contributed by atoms with van der Waals surface area (Å²) in [4.78, 5) is 4.76. The molecule has 2 saturated heterocycles. The van der Waals surface area contributed by atoms with Gasteiger partial charge < -0.3 is 15.7 Å². The molecule has 1 unspecified atom stereocenters. The van der Waals surface area contributed by atoms with Crippen LogP contribution in [0.1, 0.15) is 19.3 Å². The highest BCUT2D eigenvalue weighted by atomic mass is 16.5. The van der Waals surface area contributed by atoms with Crippen LogP contribution in [0.5, 0.6) is 0 Å². The zero-order valence-corrected chi connectivity index (χ0v) is 10.9. The van der Waals surface area contributed by atoms with Crippen molar-refractivity contribution < 1.29 is 9.94 Å². The lowest BCUT2D eigenvalue weighted by Gasteiger charge is -2.36. The van der Waals surface area contributed by atoms with Crippen LogP contribution in [0.25, 0.3) is 0 Å². The molecule has 2 rings (SSSR count). The number of nitrogens with zero attached hydrogens (tertiary/aromatic N) is 3. The minimum Gasteiger partial charge on any atom is -0.409 e. The van der Waals surface area contributed by atoms with Gasteiger partial charge in [-0.3, -0.25) is 9.80 Å². The SMILES string of the molecule is NC(=NO)C1CCCCN1CCN1CCOCC1. The van der Waals surface area contributed by atoms with Gasteiger partial charge in [0.15, 0.2) is 5.84 Å². The Morgan fingerprint density at radius 3 is 2.72 bits per heavy atom. The van der Waals surface area contributed by atoms with E-state index in [9.17, 15) is 0 Å². The Labute approximate surface area is 108 Å². The molecule has 3 N–H and O–H groups in total. The third-order valence-electron chi connectivity index (χ3n) is 3.88. The molecule has 0 amide bonds. The van der Waals surface area contributed by atoms with Crippen LogP contribution in [-0.4, -0.2) is 72.8 Å². The van der Waals surface area contributed by atoms with Gasteiger partial charge in [0.25, 0.3) is 0 Å². The minimum atomic E-state index is 0.116. The van der Waals surface area contributed by atoms with Gasteiger partial charge >= 0.3 is 0 Å². The molecule has 2 fully saturated rings. The second kappa shape index (κ2) is 6.92. The molecule has 1 atom stereocenters. The zero-order valence-electron chi connectivity index (χ0n) is 10.9. The van der Waals surface area contributed by atoms with Gasteiger partial charge in [0.05, 0.1) is 19.3 Å². The molecule has 6 heteroatoms. The van der Waals surface area contributed by atoms with Gasteiger partial charge in [-0.2, -0.15) is 0 Å². The van der Waals surface area contributed by atoms with Gasteiger partial charge in [0.2, 0.25) is 0 Å². The Morgan fingerprint density at radius 1 is 1.22 bits per heavy atom. The van der Waals surface area contributed by atoms with Crippen LogP contribution in [0.3, 0.4) is 0 Å². The van der Waals surface area contributed by atoms with Crippen LogP contribution in [0.4, 0.5) is 0 Å². The fraction of sp³-hybridized carbons (Fsp3) is 0.917. The van der Waals surface area contributed by atoms with E-state index in [0.717, 1.165) is 58.8 Å². The molecule has 0 saturated carbocycles. The fourth-order valence-corrected chi connectivity index (χ4v) is 2.75. The smallest absolute Gasteiger partial charge is 0.156 e. The highest BCUT2D eigenvalue weighted by molar-refractivity contribution is 5.85. The average Bonchev–Trinajstić information content (AvgIpc) is 2.45. The predicted molar refractivity (Wildman–Crippen MR) is 69.9 cm³/mol. The lowest BCUT2D eigenvalue weighted by Crippen LogP contribution is -2.51. The molecule has 2 aliphatic heterocycles. The summed E-state index contributed by atoms with van der Waals surface area (Å²) in [7, 11) is 0. The van der Waals surface area contributed by atoms with Crippen LogP contribution in [0.15, 0.2) is 5.16 Å². The summed E-state index contributed by atoms with van der Waals surface area (Å²) in [5.41, 5.74) is 5.77. The predicted octanol–water partition coefficient (Wildman–Crippen LogP) is -0.0805. The number of rotatable bonds is 4. The van der Waals surface area contributed by atoms with E-state index >= 15 is 0 Å². The summed E-state index contributed by atoms with van der Waals surface area (Å²) in [5, 5.41) is 12.0. The van der Waals surface area contributed by atoms with E-state index in [1.165, 1.54) is 6.42 Å². The first-order valence-electron chi connectivity index (χ1n) is 6.83. The Bertz CT molecular complexity index is 279. The second-order valence-corrected chi connectivity index (χ2v) is 5.03. The third-order valence-corrected chi connectivity index (χ3v) is 3.88. The van der Waals surface area contributed by atoms with Crippen molar-refractivity contribution in [2.45, 2.75) is 25.3 Å². The van der Waals surface area contributed by atoms with Crippen molar-refractivity contribution in [2.24, 2.45) is 10.9 Å². The van der Waals surface area contributed by atoms with Crippen molar-refractivity contribution >= 4 is 5.84 Å². The maximum Gasteiger partial charge on any atom is 0.156 e. The highest BCUT2D eigenvalue weighted by Gasteiger charge is 2.26. The van der Waals surface area contributed by atoms with Crippen LogP contribution >= 0.6 is 0 Å². The molecule has 0 aromatic rings. The van der Waals surface area contributed by atoms with E-state index in [4.69, 9.17) is 15.7 Å². The summed E-state index contributed by atoms with van der Waals surface area (Å²) in [5.74, 6) is 0.358. The van der Waals surface area contributed by atoms with E-state index in [-0.39, 0.29) is 6.04 Å². The monoisotopic (exact) mass is 256 g/mol. The van der Waals surface area contributed by atoms with Gasteiger partial charge in [-0.25, -0.2) is 0 Å². The molecule has 0 spiro atoms. The highest BCUT2D eigenvalue weighted by Crippen LogP contribution is 2.17. The number of hydrogen-bond acceptors (Lipinski definition) is 5. The minimum absolute atomic E-state index is 0.116. The van der Waals surface area contributed by atoms with Crippen molar-refractivity contribution in [3.8, 4) is 0 Å². The normalized spacial score (nSPS) is 28.4. The number of oxime groups is 1. The molecule has 2 aliphatic rings. The van der Waals surface area contributed by atoms with Crippen molar-refractivity contribution in [1.82, 2.24) is 9.80 Å². The summed E-state index contributed by atoms with van der Waals surface area (Å²) in [6.45, 7) is 6.78. The summed E-state index contributed by atoms with van der Waals surface area (Å²) in [6, 6.07) is 0.116. The summed E-state index contributed by atoms with van der Waals surface area (Å²) >= 11 is 0. The Morgan fingerprint density at radius 2 is 2.00 bits per heavy atom. The van der Waals surface area contributed by atoms with E-state index in [1.807, 2.05) is 0 Å². The molecule has 104 valence electrons. The van der Waals surface area contributed by atoms with E-state index in [2.05, 4.69) is 15.0 Å². The van der Waals surface area contributed by atoms with E-state index in [0.29, 0.717) is 5.84 Å². The Hall–Kier alpha value is -0.850. The lowest BCUT2D eigenvalue weighted by atomic mass is 10.0. The lowest BCUT2D eigenvalue weighted by molar-refractivity contribution is 0.0308. The summed E-state index contributed by atoms with van der Waals surface area (Å²) < 4.78 is 5.34. The first-order valence-corrected chi connectivity index (χ1v) is 6.83. The number of ether oxygens (including phenoxy) is 1. The van der Waals surface area contributed by atoms with Gasteiger partial charge in [0.1, 0.15) is 0 Å². The van der Waals surface area contributed by atoms with Crippen LogP contribution in [0.2, 0.25) is 0 Å². The standard InChI is InChI=1S/C12H24N4O2/c13-12(14-17)11-3-1-2-4-16(11)6-5-15-7-9-18-10-8-15/h11,17H,1-10H2,(H2,13,14). The van der Waals surface area contributed by atoms with E-state index < -0.39 is 0 Å². The second-order valence-electron chi connectivity index (χ2n) is 5.03. The van der Waals surface area contributed by atoms with Crippen molar-refractivity contribution in [2.75, 3.05) is 45.9 Å². The van der Waals surface area contributed by atoms with Gasteiger partial charge in [-0.15, -0.1) is 0 Å². The molecule has 6 nitrogen and oxygen atoms in total. The number of piperidine rings is 1. The van der Waals surface area contributed by atoms with Gasteiger partial charge in [0, 0.05) is 26.2 Å².